The van der Waals surface area contributed by atoms with Gasteiger partial charge in [-0.3, -0.25) is 14.4 Å². The second-order valence-electron chi connectivity index (χ2n) is 11.4. The van der Waals surface area contributed by atoms with Gasteiger partial charge >= 0.3 is 0 Å². The Bertz CT molecular complexity index is 1360. The largest absolute Gasteiger partial charge is 0.376 e. The summed E-state index contributed by atoms with van der Waals surface area (Å²) >= 11 is 6.73. The number of halogens is 2. The van der Waals surface area contributed by atoms with Crippen LogP contribution >= 0.6 is 11.6 Å². The van der Waals surface area contributed by atoms with E-state index in [0.29, 0.717) is 24.3 Å². The number of alkyl halides is 1. The lowest BCUT2D eigenvalue weighted by molar-refractivity contribution is -0.117. The zero-order chi connectivity index (χ0) is 26.6. The zero-order valence-corrected chi connectivity index (χ0v) is 22.9. The number of benzene rings is 1. The highest BCUT2D eigenvalue weighted by Crippen LogP contribution is 2.55. The molecule has 2 aliphatic heterocycles. The first-order valence-corrected chi connectivity index (χ1v) is 14.0. The summed E-state index contributed by atoms with van der Waals surface area (Å²) in [5, 5.41) is 10.3. The van der Waals surface area contributed by atoms with Crippen molar-refractivity contribution in [3.05, 3.63) is 52.9 Å². The molecule has 2 aromatic heterocycles. The molecule has 6 rings (SSSR count). The summed E-state index contributed by atoms with van der Waals surface area (Å²) in [7, 11) is 1.90. The Morgan fingerprint density at radius 3 is 2.71 bits per heavy atom. The van der Waals surface area contributed by atoms with E-state index in [0.717, 1.165) is 59.4 Å². The molecule has 1 amide bonds. The maximum absolute atomic E-state index is 14.5. The summed E-state index contributed by atoms with van der Waals surface area (Å²) in [5.74, 6) is 1.21. The summed E-state index contributed by atoms with van der Waals surface area (Å²) < 4.78 is 21.7. The fourth-order valence-corrected chi connectivity index (χ4v) is 6.98. The van der Waals surface area contributed by atoms with Gasteiger partial charge in [-0.05, 0) is 79.9 Å². The number of amides is 1. The Morgan fingerprint density at radius 1 is 1.26 bits per heavy atom. The van der Waals surface area contributed by atoms with Crippen molar-refractivity contribution >= 4 is 34.1 Å². The highest BCUT2D eigenvalue weighted by atomic mass is 35.5. The van der Waals surface area contributed by atoms with Crippen molar-refractivity contribution in [1.29, 1.82) is 0 Å². The van der Waals surface area contributed by atoms with Gasteiger partial charge in [-0.2, -0.15) is 5.10 Å². The number of fused-ring (bicyclic) bond motifs is 1. The van der Waals surface area contributed by atoms with E-state index in [4.69, 9.17) is 16.3 Å². The van der Waals surface area contributed by atoms with Crippen LogP contribution in [0.25, 0.3) is 10.8 Å². The van der Waals surface area contributed by atoms with E-state index >= 15 is 0 Å². The van der Waals surface area contributed by atoms with Crippen LogP contribution in [0.15, 0.2) is 36.7 Å². The molecule has 0 radical (unpaired) electrons. The summed E-state index contributed by atoms with van der Waals surface area (Å²) in [6.07, 6.45) is 5.50. The molecule has 3 fully saturated rings. The smallest absolute Gasteiger partial charge is 0.229 e. The summed E-state index contributed by atoms with van der Waals surface area (Å²) in [4.78, 5) is 19.9. The molecule has 9 heteroatoms. The lowest BCUT2D eigenvalue weighted by Gasteiger charge is -2.43. The van der Waals surface area contributed by atoms with Gasteiger partial charge < -0.3 is 10.1 Å². The van der Waals surface area contributed by atoms with E-state index in [-0.39, 0.29) is 24.3 Å². The number of nitrogens with one attached hydrogen (secondary N) is 1. The van der Waals surface area contributed by atoms with E-state index in [2.05, 4.69) is 33.3 Å². The van der Waals surface area contributed by atoms with Crippen LogP contribution in [0.5, 0.6) is 0 Å². The molecule has 4 heterocycles. The second-order valence-corrected chi connectivity index (χ2v) is 11.8. The number of ether oxygens (including phenoxy) is 1. The summed E-state index contributed by atoms with van der Waals surface area (Å²) in [5.41, 5.74) is 1.55. The third-order valence-corrected chi connectivity index (χ3v) is 9.42. The van der Waals surface area contributed by atoms with Crippen LogP contribution in [0, 0.1) is 11.8 Å². The van der Waals surface area contributed by atoms with E-state index in [1.807, 2.05) is 38.4 Å². The Balaban J connectivity index is 1.16. The normalized spacial score (nSPS) is 30.1. The van der Waals surface area contributed by atoms with E-state index < -0.39 is 11.7 Å². The number of hydrogen-bond donors (Lipinski definition) is 1. The van der Waals surface area contributed by atoms with Crippen molar-refractivity contribution in [1.82, 2.24) is 19.7 Å². The van der Waals surface area contributed by atoms with Gasteiger partial charge in [0.25, 0.3) is 0 Å². The number of hydrogen-bond acceptors (Lipinski definition) is 5. The number of carbonyl (C=O) groups excluding carboxylic acids is 1. The first-order chi connectivity index (χ1) is 18.3. The predicted molar refractivity (Wildman–Crippen MR) is 146 cm³/mol. The molecule has 0 spiro atoms. The van der Waals surface area contributed by atoms with Gasteiger partial charge in [-0.15, -0.1) is 0 Å². The third-order valence-electron chi connectivity index (χ3n) is 9.10. The SMILES string of the molecule is CC[C@@H]1C(c2ccn(C)n2)[C@@H]1C(=O)Nc1cc2cc(C3CCN([C@@]4(C)COC[C@H]4F)CC3)c(Cl)cc2cn1. The molecule has 1 saturated carbocycles. The molecule has 3 aromatic rings. The summed E-state index contributed by atoms with van der Waals surface area (Å²) in [6, 6.07) is 8.04. The Hall–Kier alpha value is -2.55. The van der Waals surface area contributed by atoms with Crippen LogP contribution in [-0.2, 0) is 16.6 Å². The van der Waals surface area contributed by atoms with E-state index in [9.17, 15) is 9.18 Å². The molecule has 1 aliphatic carbocycles. The highest BCUT2D eigenvalue weighted by Gasteiger charge is 2.55. The van der Waals surface area contributed by atoms with Crippen LogP contribution in [0.2, 0.25) is 5.02 Å². The molecular formula is C29H35ClFN5O2. The van der Waals surface area contributed by atoms with Crippen molar-refractivity contribution in [3.63, 3.8) is 0 Å². The van der Waals surface area contributed by atoms with Crippen LogP contribution in [0.4, 0.5) is 10.2 Å². The minimum absolute atomic E-state index is 0.00327. The first-order valence-electron chi connectivity index (χ1n) is 13.6. The van der Waals surface area contributed by atoms with Gasteiger partial charge in [0.1, 0.15) is 12.0 Å². The maximum Gasteiger partial charge on any atom is 0.229 e. The maximum atomic E-state index is 14.5. The van der Waals surface area contributed by atoms with Gasteiger partial charge in [-0.25, -0.2) is 9.37 Å². The molecular weight excluding hydrogens is 505 g/mol. The monoisotopic (exact) mass is 539 g/mol. The lowest BCUT2D eigenvalue weighted by Crippen LogP contribution is -2.55. The number of rotatable bonds is 6. The summed E-state index contributed by atoms with van der Waals surface area (Å²) in [6.45, 7) is 6.35. The molecule has 0 bridgehead atoms. The number of aryl methyl sites for hydroxylation is 1. The van der Waals surface area contributed by atoms with Gasteiger partial charge in [0.05, 0.1) is 30.4 Å². The molecule has 1 unspecified atom stereocenters. The van der Waals surface area contributed by atoms with Crippen molar-refractivity contribution < 1.29 is 13.9 Å². The number of likely N-dealkylation sites (tertiary alicyclic amines) is 1. The number of nitrogens with zero attached hydrogens (tertiary/aromatic N) is 4. The van der Waals surface area contributed by atoms with E-state index in [1.54, 1.807) is 10.9 Å². The van der Waals surface area contributed by atoms with Gasteiger partial charge in [0.2, 0.25) is 5.91 Å². The van der Waals surface area contributed by atoms with Crippen LogP contribution in [0.1, 0.15) is 56.2 Å². The average Bonchev–Trinajstić information content (AvgIpc) is 3.33. The predicted octanol–water partition coefficient (Wildman–Crippen LogP) is 5.31. The quantitative estimate of drug-likeness (QED) is 0.460. The number of aromatic nitrogens is 3. The Morgan fingerprint density at radius 2 is 2.05 bits per heavy atom. The number of anilines is 1. The lowest BCUT2D eigenvalue weighted by atomic mass is 9.85. The fourth-order valence-electron chi connectivity index (χ4n) is 6.66. The molecule has 38 heavy (non-hydrogen) atoms. The standard InChI is InChI=1S/C29H35ClFN5O2/c1-4-20-26(23-7-8-35(3)34-23)27(20)28(37)33-25-13-18-11-21(22(30)12-19(18)14-32-25)17-5-9-36(10-6-17)29(2)16-38-15-24(29)31/h7-8,11-14,17,20,24,26-27H,4-6,9-10,15-16H2,1-3H3,(H,32,33,37)/t20-,24-,26?,27-,29+/m1/s1. The third kappa shape index (κ3) is 4.50. The number of carbonyl (C=O) groups is 1. The second kappa shape index (κ2) is 9.88. The molecule has 5 atom stereocenters. The van der Waals surface area contributed by atoms with Crippen LogP contribution in [0.3, 0.4) is 0 Å². The van der Waals surface area contributed by atoms with Crippen molar-refractivity contribution in [2.75, 3.05) is 31.6 Å². The minimum Gasteiger partial charge on any atom is -0.376 e. The van der Waals surface area contributed by atoms with Crippen molar-refractivity contribution in [2.45, 2.75) is 56.7 Å². The Kier molecular flexibility index (Phi) is 6.69. The minimum atomic E-state index is -0.952. The van der Waals surface area contributed by atoms with Crippen molar-refractivity contribution in [2.24, 2.45) is 18.9 Å². The molecule has 1 N–H and O–H groups in total. The first kappa shape index (κ1) is 25.7. The zero-order valence-electron chi connectivity index (χ0n) is 22.2. The van der Waals surface area contributed by atoms with Gasteiger partial charge in [0.15, 0.2) is 0 Å². The van der Waals surface area contributed by atoms with E-state index in [1.165, 1.54) is 0 Å². The average molecular weight is 540 g/mol. The van der Waals surface area contributed by atoms with Crippen LogP contribution < -0.4 is 5.32 Å². The van der Waals surface area contributed by atoms with Gasteiger partial charge in [-0.1, -0.05) is 24.9 Å². The Labute approximate surface area is 227 Å². The molecule has 1 aromatic carbocycles. The topological polar surface area (TPSA) is 72.3 Å². The fraction of sp³-hybridized carbons (Fsp3) is 0.552. The van der Waals surface area contributed by atoms with Crippen molar-refractivity contribution in [3.8, 4) is 0 Å². The van der Waals surface area contributed by atoms with Gasteiger partial charge in [0, 0.05) is 35.8 Å². The molecule has 7 nitrogen and oxygen atoms in total. The molecule has 202 valence electrons. The molecule has 2 saturated heterocycles. The van der Waals surface area contributed by atoms with Crippen LogP contribution in [-0.4, -0.2) is 63.6 Å². The molecule has 3 aliphatic rings. The number of pyridine rings is 1. The highest BCUT2D eigenvalue weighted by molar-refractivity contribution is 6.32. The number of piperidine rings is 1.